The van der Waals surface area contributed by atoms with Crippen molar-refractivity contribution < 1.29 is 24.0 Å². The lowest BCUT2D eigenvalue weighted by atomic mass is 9.50. The van der Waals surface area contributed by atoms with Crippen LogP contribution in [-0.4, -0.2) is 36.5 Å². The van der Waals surface area contributed by atoms with E-state index in [2.05, 4.69) is 40.7 Å². The van der Waals surface area contributed by atoms with Gasteiger partial charge in [-0.2, -0.15) is 0 Å². The van der Waals surface area contributed by atoms with E-state index in [4.69, 9.17) is 19.2 Å². The van der Waals surface area contributed by atoms with Gasteiger partial charge in [0.05, 0.1) is 24.7 Å². The Balaban J connectivity index is 1.52. The van der Waals surface area contributed by atoms with Crippen LogP contribution in [0.25, 0.3) is 0 Å². The molecule has 5 nitrogen and oxygen atoms in total. The molecule has 4 rings (SSSR count). The number of hydrogen-bond acceptors (Lipinski definition) is 5. The maximum atomic E-state index is 11.9. The second-order valence-electron chi connectivity index (χ2n) is 11.2. The zero-order valence-corrected chi connectivity index (χ0v) is 19.8. The van der Waals surface area contributed by atoms with Gasteiger partial charge in [0, 0.05) is 5.41 Å². The molecule has 0 spiro atoms. The molecule has 1 saturated carbocycles. The molecule has 4 aliphatic rings. The fourth-order valence-electron chi connectivity index (χ4n) is 6.92. The molecule has 0 aromatic heterocycles. The van der Waals surface area contributed by atoms with Crippen molar-refractivity contribution in [3.63, 3.8) is 0 Å². The van der Waals surface area contributed by atoms with E-state index in [1.807, 2.05) is 6.92 Å². The predicted molar refractivity (Wildman–Crippen MR) is 115 cm³/mol. The second-order valence-corrected chi connectivity index (χ2v) is 11.2. The average molecular weight is 421 g/mol. The van der Waals surface area contributed by atoms with Crippen LogP contribution in [0.4, 0.5) is 0 Å². The van der Waals surface area contributed by atoms with E-state index in [1.165, 1.54) is 31.9 Å². The Kier molecular flexibility index (Phi) is 5.64. The third-order valence-electron chi connectivity index (χ3n) is 9.52. The van der Waals surface area contributed by atoms with Crippen LogP contribution in [0, 0.1) is 29.1 Å². The van der Waals surface area contributed by atoms with E-state index in [9.17, 15) is 4.79 Å². The van der Waals surface area contributed by atoms with E-state index in [-0.39, 0.29) is 35.1 Å². The number of esters is 1. The van der Waals surface area contributed by atoms with Gasteiger partial charge in [0.1, 0.15) is 11.7 Å². The van der Waals surface area contributed by atoms with Crippen molar-refractivity contribution in [2.24, 2.45) is 29.1 Å². The van der Waals surface area contributed by atoms with Crippen LogP contribution in [0.3, 0.4) is 0 Å². The summed E-state index contributed by atoms with van der Waals surface area (Å²) in [5, 5.41) is 0. The fraction of sp³-hybridized carbons (Fsp3) is 0.880. The highest BCUT2D eigenvalue weighted by atomic mass is 17.2. The highest BCUT2D eigenvalue weighted by molar-refractivity contribution is 5.72. The topological polar surface area (TPSA) is 54.0 Å². The number of allylic oxidation sites excluding steroid dienone is 2. The number of carbonyl (C=O) groups is 1. The first-order chi connectivity index (χ1) is 14.0. The van der Waals surface area contributed by atoms with Gasteiger partial charge in [-0.3, -0.25) is 4.79 Å². The van der Waals surface area contributed by atoms with E-state index in [0.717, 1.165) is 19.3 Å². The summed E-state index contributed by atoms with van der Waals surface area (Å²) in [5.41, 5.74) is 1.01. The van der Waals surface area contributed by atoms with Gasteiger partial charge < -0.3 is 9.47 Å². The summed E-state index contributed by atoms with van der Waals surface area (Å²) in [5.74, 6) is 1.19. The van der Waals surface area contributed by atoms with Gasteiger partial charge in [-0.15, -0.1) is 0 Å². The van der Waals surface area contributed by atoms with Gasteiger partial charge in [0.2, 0.25) is 0 Å². The molecule has 0 aromatic rings. The molecule has 0 N–H and O–H groups in total. The van der Waals surface area contributed by atoms with Crippen molar-refractivity contribution in [3.05, 3.63) is 11.6 Å². The molecule has 2 saturated heterocycles. The van der Waals surface area contributed by atoms with Crippen LogP contribution in [0.15, 0.2) is 11.6 Å². The lowest BCUT2D eigenvalue weighted by Crippen LogP contribution is -2.57. The third-order valence-corrected chi connectivity index (χ3v) is 9.52. The zero-order valence-electron chi connectivity index (χ0n) is 19.8. The first-order valence-corrected chi connectivity index (χ1v) is 11.8. The third kappa shape index (κ3) is 3.27. The summed E-state index contributed by atoms with van der Waals surface area (Å²) < 4.78 is 11.9. The van der Waals surface area contributed by atoms with Gasteiger partial charge in [-0.05, 0) is 84.0 Å². The largest absolute Gasteiger partial charge is 0.469 e. The number of rotatable bonds is 3. The molecule has 170 valence electrons. The van der Waals surface area contributed by atoms with Crippen LogP contribution in [0.2, 0.25) is 0 Å². The minimum absolute atomic E-state index is 0.00455. The Bertz CT molecular complexity index is 708. The molecule has 2 aliphatic heterocycles. The normalized spacial score (nSPS) is 49.6. The molecule has 30 heavy (non-hydrogen) atoms. The van der Waals surface area contributed by atoms with Crippen molar-refractivity contribution in [3.8, 4) is 0 Å². The van der Waals surface area contributed by atoms with Crippen LogP contribution in [0.1, 0.15) is 80.1 Å². The Labute approximate surface area is 181 Å². The number of ether oxygens (including phenoxy) is 2. The maximum Gasteiger partial charge on any atom is 0.311 e. The molecule has 5 heteroatoms. The number of fused-ring (bicyclic) bond motifs is 3. The van der Waals surface area contributed by atoms with Crippen molar-refractivity contribution >= 4 is 5.97 Å². The summed E-state index contributed by atoms with van der Waals surface area (Å²) in [6, 6.07) is 0. The molecule has 6 unspecified atom stereocenters. The lowest BCUT2D eigenvalue weighted by Gasteiger charge is -2.56. The van der Waals surface area contributed by atoms with E-state index in [1.54, 1.807) is 0 Å². The SMILES string of the molecule is COC(=O)[C@H](C)[C@H]1CC[C@@](C)(C2CC3(C)C(C)CC4C=C(C)CCC4C3(C)O2)OO1. The van der Waals surface area contributed by atoms with Crippen molar-refractivity contribution in [2.45, 2.75) is 103 Å². The quantitative estimate of drug-likeness (QED) is 0.355. The average Bonchev–Trinajstić information content (AvgIpc) is 3.01. The standard InChI is InChI=1S/C25H40O5/c1-15-8-9-19-18(12-15)13-16(2)23(4)14-21(28-25(19,23)6)24(5)11-10-20(29-30-24)17(3)22(26)27-7/h12,16-21H,8-11,13-14H2,1-7H3/t16?,17-,18?,19?,20-,21?,23?,24+,25?/m1/s1. The van der Waals surface area contributed by atoms with Crippen molar-refractivity contribution in [1.82, 2.24) is 0 Å². The molecule has 9 atom stereocenters. The van der Waals surface area contributed by atoms with Crippen LogP contribution in [0.5, 0.6) is 0 Å². The molecule has 2 aliphatic carbocycles. The van der Waals surface area contributed by atoms with Crippen LogP contribution < -0.4 is 0 Å². The minimum Gasteiger partial charge on any atom is -0.469 e. The molecule has 0 radical (unpaired) electrons. The van der Waals surface area contributed by atoms with Crippen molar-refractivity contribution in [2.75, 3.05) is 7.11 Å². The van der Waals surface area contributed by atoms with E-state index < -0.39 is 5.60 Å². The Hall–Kier alpha value is -0.910. The Morgan fingerprint density at radius 1 is 1.27 bits per heavy atom. The van der Waals surface area contributed by atoms with Gasteiger partial charge in [-0.25, -0.2) is 9.78 Å². The smallest absolute Gasteiger partial charge is 0.311 e. The summed E-state index contributed by atoms with van der Waals surface area (Å²) in [7, 11) is 1.42. The number of hydrogen-bond donors (Lipinski definition) is 0. The first kappa shape index (κ1) is 22.3. The fourth-order valence-corrected chi connectivity index (χ4v) is 6.92. The summed E-state index contributed by atoms with van der Waals surface area (Å²) in [4.78, 5) is 23.7. The highest BCUT2D eigenvalue weighted by Crippen LogP contribution is 2.65. The molecule has 3 fully saturated rings. The van der Waals surface area contributed by atoms with E-state index >= 15 is 0 Å². The molecule has 0 bridgehead atoms. The Morgan fingerprint density at radius 2 is 2.00 bits per heavy atom. The monoisotopic (exact) mass is 420 g/mol. The van der Waals surface area contributed by atoms with Gasteiger partial charge in [-0.1, -0.05) is 25.5 Å². The first-order valence-electron chi connectivity index (χ1n) is 11.8. The second kappa shape index (κ2) is 7.60. The molecule has 2 heterocycles. The van der Waals surface area contributed by atoms with Gasteiger partial charge >= 0.3 is 5.97 Å². The number of methoxy groups -OCH3 is 1. The van der Waals surface area contributed by atoms with Crippen LogP contribution in [-0.2, 0) is 24.0 Å². The van der Waals surface area contributed by atoms with Crippen LogP contribution >= 0.6 is 0 Å². The Morgan fingerprint density at radius 3 is 2.63 bits per heavy atom. The van der Waals surface area contributed by atoms with E-state index in [0.29, 0.717) is 17.8 Å². The lowest BCUT2D eigenvalue weighted by molar-refractivity contribution is -0.426. The predicted octanol–water partition coefficient (Wildman–Crippen LogP) is 5.23. The molecule has 0 amide bonds. The summed E-state index contributed by atoms with van der Waals surface area (Å²) in [6.07, 6.45) is 8.47. The zero-order chi connectivity index (χ0) is 21.9. The summed E-state index contributed by atoms with van der Waals surface area (Å²) >= 11 is 0. The van der Waals surface area contributed by atoms with Gasteiger partial charge in [0.25, 0.3) is 0 Å². The maximum absolute atomic E-state index is 11.9. The minimum atomic E-state index is -0.495. The highest BCUT2D eigenvalue weighted by Gasteiger charge is 2.66. The van der Waals surface area contributed by atoms with Crippen molar-refractivity contribution in [1.29, 1.82) is 0 Å². The molecular formula is C25H40O5. The summed E-state index contributed by atoms with van der Waals surface area (Å²) in [6.45, 7) is 13.4. The van der Waals surface area contributed by atoms with Gasteiger partial charge in [0.15, 0.2) is 0 Å². The molecular weight excluding hydrogens is 380 g/mol. The molecule has 0 aromatic carbocycles. The number of carbonyl (C=O) groups excluding carboxylic acids is 1.